The van der Waals surface area contributed by atoms with Crippen LogP contribution in [0.4, 0.5) is 0 Å². The van der Waals surface area contributed by atoms with Crippen LogP contribution in [0.15, 0.2) is 34.9 Å². The van der Waals surface area contributed by atoms with Gasteiger partial charge in [-0.15, -0.1) is 5.10 Å². The Labute approximate surface area is 136 Å². The number of benzene rings is 1. The van der Waals surface area contributed by atoms with Crippen LogP contribution < -0.4 is 0 Å². The lowest BCUT2D eigenvalue weighted by atomic mass is 10.3. The predicted molar refractivity (Wildman–Crippen MR) is 81.9 cm³/mol. The Balaban J connectivity index is 1.61. The van der Waals surface area contributed by atoms with Crippen LogP contribution in [0.2, 0.25) is 10.0 Å². The van der Waals surface area contributed by atoms with Gasteiger partial charge in [0.2, 0.25) is 0 Å². The number of halogens is 2. The van der Waals surface area contributed by atoms with Crippen molar-refractivity contribution in [3.63, 3.8) is 0 Å². The molecule has 6 nitrogen and oxygen atoms in total. The monoisotopic (exact) mass is 341 g/mol. The summed E-state index contributed by atoms with van der Waals surface area (Å²) in [5.74, 6) is 0.708. The lowest BCUT2D eigenvalue weighted by Crippen LogP contribution is -2.22. The summed E-state index contributed by atoms with van der Waals surface area (Å²) in [4.78, 5) is 0. The third-order valence-corrected chi connectivity index (χ3v) is 3.80. The van der Waals surface area contributed by atoms with Gasteiger partial charge in [-0.05, 0) is 24.3 Å². The average molecular weight is 342 g/mol. The highest BCUT2D eigenvalue weighted by atomic mass is 35.5. The molecular formula is C14H13Cl2N3O3. The third-order valence-electron chi connectivity index (χ3n) is 3.07. The van der Waals surface area contributed by atoms with E-state index in [1.54, 1.807) is 29.1 Å². The second-order valence-corrected chi connectivity index (χ2v) is 5.59. The van der Waals surface area contributed by atoms with Gasteiger partial charge in [0.05, 0.1) is 41.1 Å². The number of fused-ring (bicyclic) bond motifs is 1. The van der Waals surface area contributed by atoms with E-state index in [2.05, 4.69) is 10.3 Å². The number of hydrogen-bond acceptors (Lipinski definition) is 5. The number of aliphatic hydroxyl groups is 1. The molecule has 0 bridgehead atoms. The van der Waals surface area contributed by atoms with Gasteiger partial charge in [-0.2, -0.15) is 0 Å². The maximum atomic E-state index is 10.0. The number of furan rings is 1. The Kier molecular flexibility index (Phi) is 4.63. The molecule has 1 unspecified atom stereocenters. The van der Waals surface area contributed by atoms with Crippen molar-refractivity contribution in [2.75, 3.05) is 6.61 Å². The zero-order valence-corrected chi connectivity index (χ0v) is 13.0. The molecule has 0 aliphatic rings. The first-order chi connectivity index (χ1) is 10.6. The summed E-state index contributed by atoms with van der Waals surface area (Å²) in [6, 6.07) is 6.91. The summed E-state index contributed by atoms with van der Waals surface area (Å²) in [7, 11) is 0. The van der Waals surface area contributed by atoms with E-state index in [1.165, 1.54) is 0 Å². The molecule has 2 aromatic heterocycles. The van der Waals surface area contributed by atoms with E-state index in [1.807, 2.05) is 6.07 Å². The maximum Gasteiger partial charge on any atom is 0.129 e. The first-order valence-corrected chi connectivity index (χ1v) is 7.35. The number of hydrogen-bond donors (Lipinski definition) is 1. The molecule has 8 heteroatoms. The molecule has 116 valence electrons. The van der Waals surface area contributed by atoms with Crippen molar-refractivity contribution >= 4 is 34.2 Å². The first kappa shape index (κ1) is 15.3. The summed E-state index contributed by atoms with van der Waals surface area (Å²) in [6.07, 6.45) is 0.847. The molecule has 2 heterocycles. The van der Waals surface area contributed by atoms with Crippen LogP contribution in [0, 0.1) is 0 Å². The Morgan fingerprint density at radius 2 is 2.14 bits per heavy atom. The standard InChI is InChI=1S/C14H13Cl2N3O3/c15-11-4-13-14(5-12(11)16)19(18-17-13)6-9(20)7-21-8-10-2-1-3-22-10/h1-5,9,20H,6-8H2. The van der Waals surface area contributed by atoms with Crippen molar-refractivity contribution in [1.82, 2.24) is 15.0 Å². The third kappa shape index (κ3) is 3.41. The van der Waals surface area contributed by atoms with Crippen LogP contribution in [-0.4, -0.2) is 32.8 Å². The van der Waals surface area contributed by atoms with E-state index in [0.717, 1.165) is 0 Å². The molecule has 1 N–H and O–H groups in total. The summed E-state index contributed by atoms with van der Waals surface area (Å²) in [6.45, 7) is 0.708. The van der Waals surface area contributed by atoms with Crippen molar-refractivity contribution in [3.8, 4) is 0 Å². The molecule has 0 amide bonds. The smallest absolute Gasteiger partial charge is 0.129 e. The second kappa shape index (κ2) is 6.66. The van der Waals surface area contributed by atoms with Gasteiger partial charge >= 0.3 is 0 Å². The Hall–Kier alpha value is -1.60. The van der Waals surface area contributed by atoms with Crippen LogP contribution >= 0.6 is 23.2 Å². The van der Waals surface area contributed by atoms with E-state index in [0.29, 0.717) is 33.4 Å². The Bertz CT molecular complexity index is 758. The van der Waals surface area contributed by atoms with E-state index in [-0.39, 0.29) is 13.2 Å². The number of rotatable bonds is 6. The van der Waals surface area contributed by atoms with Gasteiger partial charge in [0.15, 0.2) is 0 Å². The van der Waals surface area contributed by atoms with Gasteiger partial charge in [0, 0.05) is 0 Å². The number of aliphatic hydroxyl groups excluding tert-OH is 1. The predicted octanol–water partition coefficient (Wildman–Crippen LogP) is 2.91. The lowest BCUT2D eigenvalue weighted by molar-refractivity contribution is 0.0135. The van der Waals surface area contributed by atoms with Crippen LogP contribution in [0.25, 0.3) is 11.0 Å². The molecule has 1 atom stereocenters. The van der Waals surface area contributed by atoms with Gasteiger partial charge in [0.1, 0.15) is 17.9 Å². The summed E-state index contributed by atoms with van der Waals surface area (Å²) in [5, 5.41) is 18.9. The van der Waals surface area contributed by atoms with Crippen LogP contribution in [0.5, 0.6) is 0 Å². The average Bonchev–Trinajstić information content (AvgIpc) is 3.11. The van der Waals surface area contributed by atoms with Crippen molar-refractivity contribution in [3.05, 3.63) is 46.3 Å². The largest absolute Gasteiger partial charge is 0.467 e. The normalized spacial score (nSPS) is 12.9. The molecule has 3 aromatic rings. The molecular weight excluding hydrogens is 329 g/mol. The molecule has 0 fully saturated rings. The fourth-order valence-electron chi connectivity index (χ4n) is 2.04. The van der Waals surface area contributed by atoms with Crippen LogP contribution in [0.1, 0.15) is 5.76 Å². The molecule has 1 aromatic carbocycles. The first-order valence-electron chi connectivity index (χ1n) is 6.60. The number of nitrogens with zero attached hydrogens (tertiary/aromatic N) is 3. The van der Waals surface area contributed by atoms with Crippen molar-refractivity contribution in [2.45, 2.75) is 19.3 Å². The summed E-state index contributed by atoms with van der Waals surface area (Å²) >= 11 is 11.9. The highest BCUT2D eigenvalue weighted by Crippen LogP contribution is 2.26. The molecule has 22 heavy (non-hydrogen) atoms. The molecule has 0 saturated carbocycles. The SMILES string of the molecule is OC(COCc1ccco1)Cn1nnc2cc(Cl)c(Cl)cc21. The van der Waals surface area contributed by atoms with Crippen LogP contribution in [0.3, 0.4) is 0 Å². The molecule has 3 rings (SSSR count). The molecule has 0 radical (unpaired) electrons. The fourth-order valence-corrected chi connectivity index (χ4v) is 2.36. The highest BCUT2D eigenvalue weighted by molar-refractivity contribution is 6.42. The van der Waals surface area contributed by atoms with Crippen molar-refractivity contribution < 1.29 is 14.3 Å². The lowest BCUT2D eigenvalue weighted by Gasteiger charge is -2.11. The molecule has 0 aliphatic heterocycles. The van der Waals surface area contributed by atoms with Crippen molar-refractivity contribution in [2.24, 2.45) is 0 Å². The van der Waals surface area contributed by atoms with E-state index in [4.69, 9.17) is 32.4 Å². The van der Waals surface area contributed by atoms with E-state index in [9.17, 15) is 5.11 Å². The number of ether oxygens (including phenoxy) is 1. The maximum absolute atomic E-state index is 10.0. The van der Waals surface area contributed by atoms with Gasteiger partial charge in [-0.1, -0.05) is 28.4 Å². The zero-order chi connectivity index (χ0) is 15.5. The van der Waals surface area contributed by atoms with Gasteiger partial charge in [-0.25, -0.2) is 4.68 Å². The van der Waals surface area contributed by atoms with E-state index >= 15 is 0 Å². The minimum Gasteiger partial charge on any atom is -0.467 e. The van der Waals surface area contributed by atoms with Crippen molar-refractivity contribution in [1.29, 1.82) is 0 Å². The quantitative estimate of drug-likeness (QED) is 0.746. The van der Waals surface area contributed by atoms with Crippen LogP contribution in [-0.2, 0) is 17.9 Å². The summed E-state index contributed by atoms with van der Waals surface area (Å²) in [5.41, 5.74) is 1.33. The minimum absolute atomic E-state index is 0.156. The fraction of sp³-hybridized carbons (Fsp3) is 0.286. The topological polar surface area (TPSA) is 73.3 Å². The molecule has 0 spiro atoms. The van der Waals surface area contributed by atoms with E-state index < -0.39 is 6.10 Å². The zero-order valence-electron chi connectivity index (χ0n) is 11.4. The van der Waals surface area contributed by atoms with Gasteiger partial charge in [-0.3, -0.25) is 0 Å². The highest BCUT2D eigenvalue weighted by Gasteiger charge is 2.12. The second-order valence-electron chi connectivity index (χ2n) is 4.77. The minimum atomic E-state index is -0.727. The summed E-state index contributed by atoms with van der Waals surface area (Å²) < 4.78 is 12.1. The molecule has 0 aliphatic carbocycles. The van der Waals surface area contributed by atoms with Gasteiger partial charge < -0.3 is 14.3 Å². The van der Waals surface area contributed by atoms with Gasteiger partial charge in [0.25, 0.3) is 0 Å². The molecule has 0 saturated heterocycles. The number of aromatic nitrogens is 3. The Morgan fingerprint density at radius 3 is 2.91 bits per heavy atom. The Morgan fingerprint density at radius 1 is 1.32 bits per heavy atom.